The average Bonchev–Trinajstić information content (AvgIpc) is 2.66. The standard InChI is InChI=1S/C19H31N5O4/c1-14(21-19(27)28-13-16-6-4-3-5-7-16)12-17(20)24-10-8-23(9-11-24)15(2)22-18(25)26/h3-7,14-15,17,22H,8-13,20H2,1-2H3,(H,21,27)(H,25,26). The number of rotatable bonds is 8. The van der Waals surface area contributed by atoms with Crippen molar-refractivity contribution in [2.24, 2.45) is 5.73 Å². The summed E-state index contributed by atoms with van der Waals surface area (Å²) in [4.78, 5) is 26.9. The maximum Gasteiger partial charge on any atom is 0.407 e. The second-order valence-electron chi connectivity index (χ2n) is 7.11. The van der Waals surface area contributed by atoms with Crippen LogP contribution < -0.4 is 16.4 Å². The second-order valence-corrected chi connectivity index (χ2v) is 7.11. The van der Waals surface area contributed by atoms with Gasteiger partial charge in [0.25, 0.3) is 0 Å². The van der Waals surface area contributed by atoms with Crippen LogP contribution in [0.15, 0.2) is 30.3 Å². The zero-order chi connectivity index (χ0) is 20.5. The summed E-state index contributed by atoms with van der Waals surface area (Å²) in [5, 5.41) is 14.1. The van der Waals surface area contributed by atoms with Crippen LogP contribution in [0, 0.1) is 0 Å². The molecule has 1 aliphatic heterocycles. The molecule has 3 atom stereocenters. The van der Waals surface area contributed by atoms with Crippen molar-refractivity contribution in [3.05, 3.63) is 35.9 Å². The molecule has 1 aliphatic rings. The van der Waals surface area contributed by atoms with E-state index in [9.17, 15) is 9.59 Å². The first-order valence-electron chi connectivity index (χ1n) is 9.55. The largest absolute Gasteiger partial charge is 0.465 e. The molecule has 1 aromatic carbocycles. The monoisotopic (exact) mass is 393 g/mol. The molecule has 0 spiro atoms. The minimum atomic E-state index is -1.02. The first kappa shape index (κ1) is 21.9. The van der Waals surface area contributed by atoms with Gasteiger partial charge in [-0.05, 0) is 25.8 Å². The number of hydrogen-bond acceptors (Lipinski definition) is 6. The Hall–Kier alpha value is -2.36. The molecule has 3 unspecified atom stereocenters. The number of ether oxygens (including phenoxy) is 1. The van der Waals surface area contributed by atoms with Gasteiger partial charge in [0.2, 0.25) is 0 Å². The molecule has 0 aromatic heterocycles. The van der Waals surface area contributed by atoms with E-state index < -0.39 is 12.2 Å². The van der Waals surface area contributed by atoms with Gasteiger partial charge in [0.1, 0.15) is 6.61 Å². The van der Waals surface area contributed by atoms with Gasteiger partial charge >= 0.3 is 12.2 Å². The average molecular weight is 393 g/mol. The lowest BCUT2D eigenvalue weighted by molar-refractivity contribution is 0.0591. The van der Waals surface area contributed by atoms with Gasteiger partial charge in [-0.15, -0.1) is 0 Å². The molecule has 1 fully saturated rings. The van der Waals surface area contributed by atoms with Crippen LogP contribution in [0.2, 0.25) is 0 Å². The molecule has 9 heteroatoms. The van der Waals surface area contributed by atoms with Gasteiger partial charge in [-0.1, -0.05) is 30.3 Å². The van der Waals surface area contributed by atoms with Crippen molar-refractivity contribution in [2.75, 3.05) is 26.2 Å². The Kier molecular flexibility index (Phi) is 8.49. The van der Waals surface area contributed by atoms with Crippen LogP contribution in [0.4, 0.5) is 9.59 Å². The Morgan fingerprint density at radius 2 is 1.71 bits per heavy atom. The molecule has 5 N–H and O–H groups in total. The Labute approximate surface area is 165 Å². The molecule has 28 heavy (non-hydrogen) atoms. The fraction of sp³-hybridized carbons (Fsp3) is 0.579. The van der Waals surface area contributed by atoms with Crippen molar-refractivity contribution in [3.63, 3.8) is 0 Å². The van der Waals surface area contributed by atoms with Crippen LogP contribution in [0.3, 0.4) is 0 Å². The van der Waals surface area contributed by atoms with Crippen molar-refractivity contribution in [2.45, 2.75) is 45.2 Å². The Bertz CT molecular complexity index is 622. The van der Waals surface area contributed by atoms with Gasteiger partial charge in [-0.25, -0.2) is 9.59 Å². The van der Waals surface area contributed by atoms with E-state index in [-0.39, 0.29) is 25.0 Å². The molecular formula is C19H31N5O4. The van der Waals surface area contributed by atoms with Crippen LogP contribution in [0.1, 0.15) is 25.8 Å². The van der Waals surface area contributed by atoms with Crippen LogP contribution in [0.5, 0.6) is 0 Å². The minimum Gasteiger partial charge on any atom is -0.465 e. The molecule has 2 amide bonds. The van der Waals surface area contributed by atoms with E-state index in [1.165, 1.54) is 0 Å². The summed E-state index contributed by atoms with van der Waals surface area (Å²) in [5.74, 6) is 0. The van der Waals surface area contributed by atoms with Crippen LogP contribution in [0.25, 0.3) is 0 Å². The Morgan fingerprint density at radius 3 is 2.32 bits per heavy atom. The summed E-state index contributed by atoms with van der Waals surface area (Å²) in [6.45, 7) is 6.92. The maximum atomic E-state index is 11.9. The molecule has 0 saturated carbocycles. The zero-order valence-electron chi connectivity index (χ0n) is 16.5. The highest BCUT2D eigenvalue weighted by Crippen LogP contribution is 2.10. The first-order chi connectivity index (χ1) is 13.3. The molecule has 1 saturated heterocycles. The number of nitrogens with one attached hydrogen (secondary N) is 2. The molecule has 0 aliphatic carbocycles. The summed E-state index contributed by atoms with van der Waals surface area (Å²) in [7, 11) is 0. The van der Waals surface area contributed by atoms with Crippen molar-refractivity contribution >= 4 is 12.2 Å². The third-order valence-electron chi connectivity index (χ3n) is 4.87. The molecule has 0 radical (unpaired) electrons. The number of alkyl carbamates (subject to hydrolysis) is 1. The number of carbonyl (C=O) groups excluding carboxylic acids is 1. The fourth-order valence-electron chi connectivity index (χ4n) is 3.26. The van der Waals surface area contributed by atoms with Crippen molar-refractivity contribution in [1.29, 1.82) is 0 Å². The summed E-state index contributed by atoms with van der Waals surface area (Å²) in [6, 6.07) is 9.39. The number of nitrogens with zero attached hydrogens (tertiary/aromatic N) is 2. The van der Waals surface area contributed by atoms with E-state index in [4.69, 9.17) is 15.6 Å². The number of hydrogen-bond donors (Lipinski definition) is 4. The second kappa shape index (κ2) is 10.8. The third kappa shape index (κ3) is 7.34. The molecule has 1 aromatic rings. The normalized spacial score (nSPS) is 18.7. The van der Waals surface area contributed by atoms with E-state index in [1.807, 2.05) is 44.2 Å². The molecule has 9 nitrogen and oxygen atoms in total. The number of nitrogens with two attached hydrogens (primary N) is 1. The molecule has 156 valence electrons. The molecule has 1 heterocycles. The van der Waals surface area contributed by atoms with Gasteiger partial charge < -0.3 is 26.2 Å². The van der Waals surface area contributed by atoms with Gasteiger partial charge in [0.15, 0.2) is 0 Å². The number of amides is 2. The fourth-order valence-corrected chi connectivity index (χ4v) is 3.26. The lowest BCUT2D eigenvalue weighted by Crippen LogP contribution is -2.58. The third-order valence-corrected chi connectivity index (χ3v) is 4.87. The summed E-state index contributed by atoms with van der Waals surface area (Å²) in [6.07, 6.45) is -1.29. The van der Waals surface area contributed by atoms with Crippen molar-refractivity contribution in [3.8, 4) is 0 Å². The Morgan fingerprint density at radius 1 is 1.11 bits per heavy atom. The zero-order valence-corrected chi connectivity index (χ0v) is 16.5. The predicted molar refractivity (Wildman–Crippen MR) is 106 cm³/mol. The lowest BCUT2D eigenvalue weighted by Gasteiger charge is -2.40. The number of carbonyl (C=O) groups is 2. The number of piperazine rings is 1. The SMILES string of the molecule is CC(CC(N)N1CCN(C(C)NC(=O)O)CC1)NC(=O)OCc1ccccc1. The van der Waals surface area contributed by atoms with E-state index in [2.05, 4.69) is 20.4 Å². The highest BCUT2D eigenvalue weighted by Gasteiger charge is 2.26. The minimum absolute atomic E-state index is 0.121. The van der Waals surface area contributed by atoms with Crippen LogP contribution in [-0.2, 0) is 11.3 Å². The number of benzene rings is 1. The van der Waals surface area contributed by atoms with E-state index >= 15 is 0 Å². The summed E-state index contributed by atoms with van der Waals surface area (Å²) in [5.41, 5.74) is 7.23. The Balaban J connectivity index is 1.67. The quantitative estimate of drug-likeness (QED) is 0.524. The number of carboxylic acid groups (broad SMARTS) is 1. The highest BCUT2D eigenvalue weighted by atomic mass is 16.5. The van der Waals surface area contributed by atoms with E-state index in [0.29, 0.717) is 6.42 Å². The van der Waals surface area contributed by atoms with Crippen molar-refractivity contribution < 1.29 is 19.4 Å². The summed E-state index contributed by atoms with van der Waals surface area (Å²) < 4.78 is 5.23. The maximum absolute atomic E-state index is 11.9. The topological polar surface area (TPSA) is 120 Å². The van der Waals surface area contributed by atoms with Crippen LogP contribution in [-0.4, -0.2) is 71.6 Å². The van der Waals surface area contributed by atoms with E-state index in [0.717, 1.165) is 31.7 Å². The lowest BCUT2D eigenvalue weighted by atomic mass is 10.1. The summed E-state index contributed by atoms with van der Waals surface area (Å²) >= 11 is 0. The van der Waals surface area contributed by atoms with Gasteiger partial charge in [0.05, 0.1) is 12.3 Å². The van der Waals surface area contributed by atoms with Gasteiger partial charge in [-0.3, -0.25) is 9.80 Å². The van der Waals surface area contributed by atoms with Crippen LogP contribution >= 0.6 is 0 Å². The first-order valence-corrected chi connectivity index (χ1v) is 9.55. The molecule has 2 rings (SSSR count). The predicted octanol–water partition coefficient (Wildman–Crippen LogP) is 1.21. The van der Waals surface area contributed by atoms with Gasteiger partial charge in [-0.2, -0.15) is 0 Å². The molecular weight excluding hydrogens is 362 g/mol. The van der Waals surface area contributed by atoms with E-state index in [1.54, 1.807) is 0 Å². The van der Waals surface area contributed by atoms with Gasteiger partial charge in [0, 0.05) is 32.2 Å². The molecule has 0 bridgehead atoms. The van der Waals surface area contributed by atoms with Crippen molar-refractivity contribution in [1.82, 2.24) is 20.4 Å². The highest BCUT2D eigenvalue weighted by molar-refractivity contribution is 5.67. The smallest absolute Gasteiger partial charge is 0.407 e.